The van der Waals surface area contributed by atoms with E-state index < -0.39 is 12.6 Å². The van der Waals surface area contributed by atoms with E-state index in [1.165, 1.54) is 7.11 Å². The van der Waals surface area contributed by atoms with Crippen molar-refractivity contribution in [2.45, 2.75) is 33.0 Å². The molecule has 0 aliphatic carbocycles. The van der Waals surface area contributed by atoms with Crippen molar-refractivity contribution in [3.8, 4) is 28.4 Å². The van der Waals surface area contributed by atoms with Crippen molar-refractivity contribution in [3.63, 3.8) is 0 Å². The average Bonchev–Trinajstić information content (AvgIpc) is 3.08. The van der Waals surface area contributed by atoms with Crippen molar-refractivity contribution < 1.29 is 28.2 Å². The average molecular weight is 604 g/mol. The molecule has 0 fully saturated rings. The molecule has 0 atom stereocenters. The van der Waals surface area contributed by atoms with Gasteiger partial charge in [0.15, 0.2) is 0 Å². The SMILES string of the molecule is COC(=O)c1cc(-c2ccc(COc3cccc(CF)c3)cc2)c(C(C)C)cc1NC(=O)c1ccc(Oc2ccccc2)cc1. The van der Waals surface area contributed by atoms with Crippen LogP contribution in [-0.4, -0.2) is 19.0 Å². The Morgan fingerprint density at radius 3 is 2.11 bits per heavy atom. The minimum absolute atomic E-state index is 0.0857. The molecule has 1 amide bonds. The van der Waals surface area contributed by atoms with Crippen LogP contribution in [0.2, 0.25) is 0 Å². The number of alkyl halides is 1. The third kappa shape index (κ3) is 7.75. The number of hydrogen-bond donors (Lipinski definition) is 1. The van der Waals surface area contributed by atoms with E-state index in [-0.39, 0.29) is 17.4 Å². The summed E-state index contributed by atoms with van der Waals surface area (Å²) < 4.78 is 29.8. The van der Waals surface area contributed by atoms with Gasteiger partial charge in [-0.05, 0) is 94.4 Å². The molecule has 0 saturated heterocycles. The van der Waals surface area contributed by atoms with E-state index >= 15 is 0 Å². The lowest BCUT2D eigenvalue weighted by Gasteiger charge is -2.19. The van der Waals surface area contributed by atoms with E-state index in [0.29, 0.717) is 40.7 Å². The van der Waals surface area contributed by atoms with E-state index in [1.807, 2.05) is 60.7 Å². The fourth-order valence-corrected chi connectivity index (χ4v) is 4.89. The fraction of sp³-hybridized carbons (Fsp3) is 0.158. The number of carbonyl (C=O) groups excluding carboxylic acids is 2. The highest BCUT2D eigenvalue weighted by atomic mass is 19.1. The molecule has 0 heterocycles. The van der Waals surface area contributed by atoms with Gasteiger partial charge >= 0.3 is 5.97 Å². The molecule has 5 rings (SSSR count). The van der Waals surface area contributed by atoms with Gasteiger partial charge in [0.2, 0.25) is 0 Å². The van der Waals surface area contributed by atoms with Crippen molar-refractivity contribution in [3.05, 3.63) is 143 Å². The molecule has 0 aromatic heterocycles. The standard InChI is InChI=1S/C38H34FNO5/c1-25(2)33-22-36(40-37(41)29-16-18-31(19-17-29)45-30-9-5-4-6-10-30)35(38(42)43-3)21-34(33)28-14-12-26(13-15-28)24-44-32-11-7-8-27(20-32)23-39/h4-22,25H,23-24H2,1-3H3,(H,40,41). The zero-order valence-electron chi connectivity index (χ0n) is 25.4. The van der Waals surface area contributed by atoms with E-state index in [1.54, 1.807) is 54.6 Å². The second-order valence-corrected chi connectivity index (χ2v) is 10.8. The summed E-state index contributed by atoms with van der Waals surface area (Å²) >= 11 is 0. The number of rotatable bonds is 11. The molecule has 7 heteroatoms. The third-order valence-corrected chi connectivity index (χ3v) is 7.28. The summed E-state index contributed by atoms with van der Waals surface area (Å²) in [6.07, 6.45) is 0. The lowest BCUT2D eigenvalue weighted by Crippen LogP contribution is -2.16. The Kier molecular flexibility index (Phi) is 9.90. The molecule has 228 valence electrons. The summed E-state index contributed by atoms with van der Waals surface area (Å²) in [6.45, 7) is 3.89. The number of hydrogen-bond acceptors (Lipinski definition) is 5. The number of methoxy groups -OCH3 is 1. The van der Waals surface area contributed by atoms with Crippen LogP contribution >= 0.6 is 0 Å². The molecular formula is C38H34FNO5. The van der Waals surface area contributed by atoms with E-state index in [9.17, 15) is 14.0 Å². The molecule has 0 spiro atoms. The van der Waals surface area contributed by atoms with Gasteiger partial charge in [-0.3, -0.25) is 4.79 Å². The first kappa shape index (κ1) is 31.0. The van der Waals surface area contributed by atoms with Gasteiger partial charge in [-0.2, -0.15) is 0 Å². The van der Waals surface area contributed by atoms with Crippen molar-refractivity contribution in [1.29, 1.82) is 0 Å². The lowest BCUT2D eigenvalue weighted by atomic mass is 9.89. The van der Waals surface area contributed by atoms with Gasteiger partial charge in [0.25, 0.3) is 5.91 Å². The second-order valence-electron chi connectivity index (χ2n) is 10.8. The van der Waals surface area contributed by atoms with Crippen LogP contribution in [0.4, 0.5) is 10.1 Å². The summed E-state index contributed by atoms with van der Waals surface area (Å²) in [5.41, 5.74) is 5.24. The lowest BCUT2D eigenvalue weighted by molar-refractivity contribution is 0.0602. The van der Waals surface area contributed by atoms with Gasteiger partial charge in [0.05, 0.1) is 18.4 Å². The number of para-hydroxylation sites is 1. The van der Waals surface area contributed by atoms with Crippen LogP contribution in [0, 0.1) is 0 Å². The molecule has 6 nitrogen and oxygen atoms in total. The number of benzene rings is 5. The normalized spacial score (nSPS) is 10.8. The van der Waals surface area contributed by atoms with Gasteiger partial charge < -0.3 is 19.5 Å². The number of halogens is 1. The van der Waals surface area contributed by atoms with Gasteiger partial charge in [0, 0.05) is 5.56 Å². The van der Waals surface area contributed by atoms with Gasteiger partial charge in [-0.1, -0.05) is 68.4 Å². The summed E-state index contributed by atoms with van der Waals surface area (Å²) in [6, 6.07) is 34.6. The number of anilines is 1. The zero-order chi connectivity index (χ0) is 31.8. The molecule has 45 heavy (non-hydrogen) atoms. The Hall–Kier alpha value is -5.43. The minimum Gasteiger partial charge on any atom is -0.489 e. The topological polar surface area (TPSA) is 73.9 Å². The summed E-state index contributed by atoms with van der Waals surface area (Å²) in [5.74, 6) is 1.06. The van der Waals surface area contributed by atoms with Crippen molar-refractivity contribution >= 4 is 17.6 Å². The number of nitrogens with one attached hydrogen (secondary N) is 1. The quantitative estimate of drug-likeness (QED) is 0.152. The number of carbonyl (C=O) groups is 2. The second kappa shape index (κ2) is 14.4. The largest absolute Gasteiger partial charge is 0.489 e. The Bertz CT molecular complexity index is 1770. The van der Waals surface area contributed by atoms with E-state index in [2.05, 4.69) is 19.2 Å². The molecule has 1 N–H and O–H groups in total. The predicted molar refractivity (Wildman–Crippen MR) is 174 cm³/mol. The minimum atomic E-state index is -0.561. The summed E-state index contributed by atoms with van der Waals surface area (Å²) in [5, 5.41) is 2.91. The molecule has 0 saturated carbocycles. The van der Waals surface area contributed by atoms with Gasteiger partial charge in [0.1, 0.15) is 30.5 Å². The van der Waals surface area contributed by atoms with Crippen molar-refractivity contribution in [2.24, 2.45) is 0 Å². The maximum atomic E-state index is 13.3. The Balaban J connectivity index is 1.37. The Morgan fingerprint density at radius 2 is 1.44 bits per heavy atom. The summed E-state index contributed by atoms with van der Waals surface area (Å²) in [4.78, 5) is 26.2. The van der Waals surface area contributed by atoms with Crippen molar-refractivity contribution in [1.82, 2.24) is 0 Å². The van der Waals surface area contributed by atoms with Gasteiger partial charge in [-0.15, -0.1) is 0 Å². The molecule has 0 aliphatic heterocycles. The fourth-order valence-electron chi connectivity index (χ4n) is 4.89. The molecule has 5 aromatic carbocycles. The van der Waals surface area contributed by atoms with Crippen LogP contribution in [0.1, 0.15) is 57.2 Å². The van der Waals surface area contributed by atoms with Crippen LogP contribution < -0.4 is 14.8 Å². The first-order valence-electron chi connectivity index (χ1n) is 14.6. The Labute approximate surface area is 262 Å². The van der Waals surface area contributed by atoms with Crippen LogP contribution in [0.5, 0.6) is 17.2 Å². The highest BCUT2D eigenvalue weighted by Crippen LogP contribution is 2.35. The molecule has 0 bridgehead atoms. The molecule has 0 unspecified atom stereocenters. The maximum absolute atomic E-state index is 13.3. The first-order chi connectivity index (χ1) is 21.8. The predicted octanol–water partition coefficient (Wildman–Crippen LogP) is 9.36. The molecule has 0 aliphatic rings. The smallest absolute Gasteiger partial charge is 0.339 e. The first-order valence-corrected chi connectivity index (χ1v) is 14.6. The zero-order valence-corrected chi connectivity index (χ0v) is 25.4. The van der Waals surface area contributed by atoms with Crippen molar-refractivity contribution in [2.75, 3.05) is 12.4 Å². The molecular weight excluding hydrogens is 569 g/mol. The number of amides is 1. The summed E-state index contributed by atoms with van der Waals surface area (Å²) in [7, 11) is 1.31. The van der Waals surface area contributed by atoms with Gasteiger partial charge in [-0.25, -0.2) is 9.18 Å². The Morgan fingerprint density at radius 1 is 0.756 bits per heavy atom. The monoisotopic (exact) mass is 603 g/mol. The van der Waals surface area contributed by atoms with Crippen LogP contribution in [-0.2, 0) is 18.0 Å². The molecule has 5 aromatic rings. The number of esters is 1. The third-order valence-electron chi connectivity index (χ3n) is 7.28. The van der Waals surface area contributed by atoms with E-state index in [0.717, 1.165) is 22.3 Å². The van der Waals surface area contributed by atoms with Crippen LogP contribution in [0.3, 0.4) is 0 Å². The number of ether oxygens (including phenoxy) is 3. The van der Waals surface area contributed by atoms with E-state index in [4.69, 9.17) is 14.2 Å². The van der Waals surface area contributed by atoms with Crippen LogP contribution in [0.25, 0.3) is 11.1 Å². The highest BCUT2D eigenvalue weighted by molar-refractivity contribution is 6.08. The highest BCUT2D eigenvalue weighted by Gasteiger charge is 2.21. The molecule has 0 radical (unpaired) electrons. The maximum Gasteiger partial charge on any atom is 0.339 e. The van der Waals surface area contributed by atoms with Crippen LogP contribution in [0.15, 0.2) is 115 Å².